The minimum Gasteiger partial charge on any atom is -0.395 e. The lowest BCUT2D eigenvalue weighted by atomic mass is 10.2. The first-order valence-electron chi connectivity index (χ1n) is 6.05. The molecule has 2 aromatic rings. The van der Waals surface area contributed by atoms with E-state index in [-0.39, 0.29) is 16.6 Å². The van der Waals surface area contributed by atoms with Gasteiger partial charge in [-0.1, -0.05) is 19.1 Å². The Labute approximate surface area is 121 Å². The second-order valence-electron chi connectivity index (χ2n) is 4.25. The van der Waals surface area contributed by atoms with Crippen LogP contribution in [0.2, 0.25) is 0 Å². The molecule has 1 aromatic heterocycles. The number of hydrogen-bond donors (Lipinski definition) is 2. The van der Waals surface area contributed by atoms with Crippen molar-refractivity contribution in [1.29, 1.82) is 0 Å². The van der Waals surface area contributed by atoms with Gasteiger partial charge in [-0.2, -0.15) is 0 Å². The first kappa shape index (κ1) is 15.0. The number of para-hydroxylation sites is 1. The molecule has 4 nitrogen and oxygen atoms in total. The van der Waals surface area contributed by atoms with Gasteiger partial charge < -0.3 is 5.73 Å². The number of anilines is 1. The van der Waals surface area contributed by atoms with E-state index in [1.165, 1.54) is 23.5 Å². The summed E-state index contributed by atoms with van der Waals surface area (Å²) in [5.41, 5.74) is 5.15. The predicted octanol–water partition coefficient (Wildman–Crippen LogP) is 2.90. The van der Waals surface area contributed by atoms with E-state index in [1.807, 2.05) is 24.4 Å². The summed E-state index contributed by atoms with van der Waals surface area (Å²) in [4.78, 5) is 0.679. The molecule has 2 rings (SSSR count). The lowest BCUT2D eigenvalue weighted by molar-refractivity contribution is 0.552. The van der Waals surface area contributed by atoms with Crippen molar-refractivity contribution in [3.8, 4) is 0 Å². The number of nitrogens with one attached hydrogen (secondary N) is 1. The maximum atomic E-state index is 13.4. The molecule has 3 N–H and O–H groups in total. The van der Waals surface area contributed by atoms with E-state index in [0.717, 1.165) is 10.9 Å². The van der Waals surface area contributed by atoms with Gasteiger partial charge in [0, 0.05) is 4.88 Å². The van der Waals surface area contributed by atoms with Crippen molar-refractivity contribution in [1.82, 2.24) is 4.72 Å². The Morgan fingerprint density at radius 1 is 1.35 bits per heavy atom. The van der Waals surface area contributed by atoms with E-state index >= 15 is 0 Å². The Bertz CT molecular complexity index is 684. The maximum absolute atomic E-state index is 13.4. The molecule has 0 amide bonds. The van der Waals surface area contributed by atoms with Crippen LogP contribution in [0, 0.1) is 5.82 Å². The zero-order valence-electron chi connectivity index (χ0n) is 10.8. The Kier molecular flexibility index (Phi) is 4.42. The van der Waals surface area contributed by atoms with Crippen molar-refractivity contribution in [3.63, 3.8) is 0 Å². The second kappa shape index (κ2) is 5.90. The average molecular weight is 314 g/mol. The van der Waals surface area contributed by atoms with Gasteiger partial charge in [0.05, 0.1) is 11.7 Å². The molecule has 0 saturated carbocycles. The molecule has 0 bridgehead atoms. The summed E-state index contributed by atoms with van der Waals surface area (Å²) in [6, 6.07) is 7.12. The highest BCUT2D eigenvalue weighted by Gasteiger charge is 2.24. The number of nitrogen functional groups attached to an aromatic ring is 1. The number of sulfonamides is 1. The van der Waals surface area contributed by atoms with Gasteiger partial charge in [0.15, 0.2) is 0 Å². The third-order valence-electron chi connectivity index (χ3n) is 2.89. The molecule has 1 unspecified atom stereocenters. The number of nitrogens with two attached hydrogens (primary N) is 1. The fourth-order valence-corrected chi connectivity index (χ4v) is 4.21. The van der Waals surface area contributed by atoms with Gasteiger partial charge in [0.2, 0.25) is 10.0 Å². The molecule has 20 heavy (non-hydrogen) atoms. The quantitative estimate of drug-likeness (QED) is 0.834. The summed E-state index contributed by atoms with van der Waals surface area (Å²) >= 11 is 1.47. The molecule has 0 aliphatic carbocycles. The van der Waals surface area contributed by atoms with E-state index in [0.29, 0.717) is 6.42 Å². The topological polar surface area (TPSA) is 72.2 Å². The monoisotopic (exact) mass is 314 g/mol. The van der Waals surface area contributed by atoms with Crippen molar-refractivity contribution in [2.45, 2.75) is 24.3 Å². The van der Waals surface area contributed by atoms with E-state index in [2.05, 4.69) is 4.72 Å². The lowest BCUT2D eigenvalue weighted by Gasteiger charge is -2.16. The van der Waals surface area contributed by atoms with Gasteiger partial charge >= 0.3 is 0 Å². The largest absolute Gasteiger partial charge is 0.395 e. The Hall–Kier alpha value is -1.44. The van der Waals surface area contributed by atoms with E-state index in [1.54, 1.807) is 0 Å². The first-order chi connectivity index (χ1) is 9.45. The third-order valence-corrected chi connectivity index (χ3v) is 5.41. The maximum Gasteiger partial charge on any atom is 0.243 e. The zero-order chi connectivity index (χ0) is 14.8. The van der Waals surface area contributed by atoms with Crippen LogP contribution in [0.1, 0.15) is 24.3 Å². The normalized spacial score (nSPS) is 13.3. The molecule has 108 valence electrons. The number of benzene rings is 1. The van der Waals surface area contributed by atoms with Crippen molar-refractivity contribution >= 4 is 27.0 Å². The Morgan fingerprint density at radius 2 is 2.10 bits per heavy atom. The van der Waals surface area contributed by atoms with E-state index in [4.69, 9.17) is 5.73 Å². The standard InChI is InChI=1S/C13H15FN2O2S2/c1-2-10(11-6-4-8-19-11)16-20(17,18)12-7-3-5-9(14)13(12)15/h3-8,10,16H,2,15H2,1H3. The molecule has 0 aliphatic heterocycles. The molecular formula is C13H15FN2O2S2. The molecule has 7 heteroatoms. The van der Waals surface area contributed by atoms with Crippen LogP contribution in [0.15, 0.2) is 40.6 Å². The van der Waals surface area contributed by atoms with Gasteiger partial charge in [-0.3, -0.25) is 0 Å². The summed E-state index contributed by atoms with van der Waals surface area (Å²) in [5, 5.41) is 1.88. The van der Waals surface area contributed by atoms with Crippen LogP contribution in [-0.4, -0.2) is 8.42 Å². The fraction of sp³-hybridized carbons (Fsp3) is 0.231. The number of thiophene rings is 1. The van der Waals surface area contributed by atoms with Gasteiger partial charge in [-0.15, -0.1) is 11.3 Å². The van der Waals surface area contributed by atoms with Crippen molar-refractivity contribution < 1.29 is 12.8 Å². The number of rotatable bonds is 5. The van der Waals surface area contributed by atoms with Gasteiger partial charge in [-0.05, 0) is 30.0 Å². The van der Waals surface area contributed by atoms with E-state index < -0.39 is 15.8 Å². The highest BCUT2D eigenvalue weighted by atomic mass is 32.2. The molecular weight excluding hydrogens is 299 g/mol. The molecule has 1 aromatic carbocycles. The Morgan fingerprint density at radius 3 is 2.70 bits per heavy atom. The molecule has 0 saturated heterocycles. The Balaban J connectivity index is 2.33. The van der Waals surface area contributed by atoms with Crippen LogP contribution >= 0.6 is 11.3 Å². The first-order valence-corrected chi connectivity index (χ1v) is 8.41. The zero-order valence-corrected chi connectivity index (χ0v) is 12.5. The highest BCUT2D eigenvalue weighted by molar-refractivity contribution is 7.89. The van der Waals surface area contributed by atoms with Crippen molar-refractivity contribution in [3.05, 3.63) is 46.4 Å². The average Bonchev–Trinajstić information content (AvgIpc) is 2.93. The van der Waals surface area contributed by atoms with Crippen LogP contribution in [0.4, 0.5) is 10.1 Å². The summed E-state index contributed by atoms with van der Waals surface area (Å²) in [5.74, 6) is -0.739. The number of hydrogen-bond acceptors (Lipinski definition) is 4. The molecule has 1 heterocycles. The summed E-state index contributed by atoms with van der Waals surface area (Å²) in [7, 11) is -3.86. The van der Waals surface area contributed by atoms with Crippen LogP contribution in [-0.2, 0) is 10.0 Å². The molecule has 0 radical (unpaired) electrons. The van der Waals surface area contributed by atoms with Crippen LogP contribution < -0.4 is 10.5 Å². The summed E-state index contributed by atoms with van der Waals surface area (Å²) in [6.07, 6.45) is 0.592. The van der Waals surface area contributed by atoms with Gasteiger partial charge in [0.1, 0.15) is 10.7 Å². The van der Waals surface area contributed by atoms with Crippen molar-refractivity contribution in [2.24, 2.45) is 0 Å². The van der Waals surface area contributed by atoms with Gasteiger partial charge in [0.25, 0.3) is 0 Å². The SMILES string of the molecule is CCC(NS(=O)(=O)c1cccc(F)c1N)c1cccs1. The molecule has 1 atom stereocenters. The summed E-state index contributed by atoms with van der Waals surface area (Å²) < 4.78 is 40.6. The highest BCUT2D eigenvalue weighted by Crippen LogP contribution is 2.26. The number of halogens is 1. The van der Waals surface area contributed by atoms with Crippen LogP contribution in [0.3, 0.4) is 0 Å². The van der Waals surface area contributed by atoms with Gasteiger partial charge in [-0.25, -0.2) is 17.5 Å². The third kappa shape index (κ3) is 3.00. The fourth-order valence-electron chi connectivity index (χ4n) is 1.83. The smallest absolute Gasteiger partial charge is 0.243 e. The molecule has 0 spiro atoms. The van der Waals surface area contributed by atoms with Crippen molar-refractivity contribution in [2.75, 3.05) is 5.73 Å². The second-order valence-corrected chi connectivity index (χ2v) is 6.91. The lowest BCUT2D eigenvalue weighted by Crippen LogP contribution is -2.28. The minimum absolute atomic E-state index is 0.229. The minimum atomic E-state index is -3.86. The molecule has 0 aliphatic rings. The summed E-state index contributed by atoms with van der Waals surface area (Å²) in [6.45, 7) is 1.88. The van der Waals surface area contributed by atoms with Crippen LogP contribution in [0.25, 0.3) is 0 Å². The predicted molar refractivity (Wildman–Crippen MR) is 78.5 cm³/mol. The van der Waals surface area contributed by atoms with E-state index in [9.17, 15) is 12.8 Å². The molecule has 0 fully saturated rings. The van der Waals surface area contributed by atoms with Crippen LogP contribution in [0.5, 0.6) is 0 Å².